The summed E-state index contributed by atoms with van der Waals surface area (Å²) in [6.07, 6.45) is 0.306. The summed E-state index contributed by atoms with van der Waals surface area (Å²) in [5.41, 5.74) is -0.481. The first-order chi connectivity index (χ1) is 6.29. The van der Waals surface area contributed by atoms with Gasteiger partial charge in [-0.2, -0.15) is 0 Å². The smallest absolute Gasteiger partial charge is 0.407 e. The van der Waals surface area contributed by atoms with E-state index >= 15 is 0 Å². The quantitative estimate of drug-likeness (QED) is 0.733. The van der Waals surface area contributed by atoms with Gasteiger partial charge in [-0.1, -0.05) is 0 Å². The Balaban J connectivity index is 2.27. The molecule has 1 saturated carbocycles. The van der Waals surface area contributed by atoms with Crippen molar-refractivity contribution in [3.05, 3.63) is 0 Å². The van der Waals surface area contributed by atoms with Gasteiger partial charge in [-0.15, -0.1) is 0 Å². The van der Waals surface area contributed by atoms with Crippen LogP contribution in [-0.4, -0.2) is 23.5 Å². The number of hydrogen-bond donors (Lipinski definition) is 1. The molecular weight excluding hydrogens is 182 g/mol. The number of hydrogen-bond acceptors (Lipinski definition) is 3. The molecule has 0 aliphatic heterocycles. The van der Waals surface area contributed by atoms with Crippen molar-refractivity contribution in [2.75, 3.05) is 0 Å². The molecule has 4 heteroatoms. The lowest BCUT2D eigenvalue weighted by Gasteiger charge is -2.19. The van der Waals surface area contributed by atoms with Gasteiger partial charge in [0, 0.05) is 12.0 Å². The Kier molecular flexibility index (Phi) is 2.83. The summed E-state index contributed by atoms with van der Waals surface area (Å²) in [6.45, 7) is 6.97. The second-order valence-corrected chi connectivity index (χ2v) is 4.71. The van der Waals surface area contributed by atoms with Gasteiger partial charge in [0.05, 0.1) is 0 Å². The third kappa shape index (κ3) is 3.36. The number of ether oxygens (including phenoxy) is 1. The van der Waals surface area contributed by atoms with Crippen LogP contribution in [-0.2, 0) is 9.53 Å². The van der Waals surface area contributed by atoms with Crippen LogP contribution in [0.3, 0.4) is 0 Å². The van der Waals surface area contributed by atoms with Crippen LogP contribution in [0.25, 0.3) is 0 Å². The second kappa shape index (κ2) is 3.59. The number of amides is 1. The van der Waals surface area contributed by atoms with Gasteiger partial charge in [0.15, 0.2) is 0 Å². The van der Waals surface area contributed by atoms with Crippen LogP contribution >= 0.6 is 0 Å². The molecule has 80 valence electrons. The molecule has 0 aromatic heterocycles. The molecule has 1 aliphatic carbocycles. The maximum Gasteiger partial charge on any atom is 0.407 e. The highest BCUT2D eigenvalue weighted by Crippen LogP contribution is 2.31. The van der Waals surface area contributed by atoms with E-state index in [-0.39, 0.29) is 17.7 Å². The molecule has 2 atom stereocenters. The molecule has 0 bridgehead atoms. The van der Waals surface area contributed by atoms with Crippen molar-refractivity contribution >= 4 is 11.9 Å². The predicted octanol–water partition coefficient (Wildman–Crippen LogP) is 1.49. The Morgan fingerprint density at radius 2 is 1.93 bits per heavy atom. The van der Waals surface area contributed by atoms with Gasteiger partial charge in [-0.25, -0.2) is 4.79 Å². The van der Waals surface area contributed by atoms with Crippen LogP contribution in [0.2, 0.25) is 0 Å². The third-order valence-electron chi connectivity index (χ3n) is 2.01. The van der Waals surface area contributed by atoms with Gasteiger partial charge in [0.2, 0.25) is 0 Å². The number of nitrogens with one attached hydrogen (secondary N) is 1. The van der Waals surface area contributed by atoms with Crippen LogP contribution in [0.1, 0.15) is 34.1 Å². The van der Waals surface area contributed by atoms with Gasteiger partial charge in [-0.05, 0) is 34.1 Å². The lowest BCUT2D eigenvalue weighted by atomic mass is 10.2. The van der Waals surface area contributed by atoms with Crippen molar-refractivity contribution in [2.24, 2.45) is 5.92 Å². The van der Waals surface area contributed by atoms with Gasteiger partial charge >= 0.3 is 6.09 Å². The van der Waals surface area contributed by atoms with E-state index in [0.29, 0.717) is 0 Å². The number of ketones is 1. The minimum atomic E-state index is -0.481. The average Bonchev–Trinajstić information content (AvgIpc) is 2.61. The van der Waals surface area contributed by atoms with E-state index in [2.05, 4.69) is 5.32 Å². The van der Waals surface area contributed by atoms with Gasteiger partial charge in [-0.3, -0.25) is 4.79 Å². The molecule has 1 amide bonds. The molecule has 14 heavy (non-hydrogen) atoms. The maximum atomic E-state index is 11.2. The fraction of sp³-hybridized carbons (Fsp3) is 0.800. The van der Waals surface area contributed by atoms with Crippen LogP contribution in [0.4, 0.5) is 4.79 Å². The van der Waals surface area contributed by atoms with E-state index in [1.807, 2.05) is 20.8 Å². The minimum absolute atomic E-state index is 0.00233. The fourth-order valence-corrected chi connectivity index (χ4v) is 1.26. The van der Waals surface area contributed by atoms with E-state index in [4.69, 9.17) is 4.74 Å². The Morgan fingerprint density at radius 1 is 1.36 bits per heavy atom. The Hall–Kier alpha value is -1.06. The molecule has 0 radical (unpaired) electrons. The molecule has 0 spiro atoms. The highest BCUT2D eigenvalue weighted by atomic mass is 16.6. The molecular formula is C10H17NO3. The van der Waals surface area contributed by atoms with E-state index in [0.717, 1.165) is 6.42 Å². The van der Waals surface area contributed by atoms with Gasteiger partial charge in [0.1, 0.15) is 11.4 Å². The summed E-state index contributed by atoms with van der Waals surface area (Å²) in [5, 5.41) is 2.66. The number of rotatable bonds is 2. The Morgan fingerprint density at radius 3 is 2.29 bits per heavy atom. The van der Waals surface area contributed by atoms with Crippen molar-refractivity contribution in [2.45, 2.75) is 45.8 Å². The topological polar surface area (TPSA) is 55.4 Å². The van der Waals surface area contributed by atoms with Crippen LogP contribution in [0.5, 0.6) is 0 Å². The lowest BCUT2D eigenvalue weighted by Crippen LogP contribution is -2.34. The zero-order chi connectivity index (χ0) is 10.9. The molecule has 0 saturated heterocycles. The second-order valence-electron chi connectivity index (χ2n) is 4.71. The average molecular weight is 199 g/mol. The summed E-state index contributed by atoms with van der Waals surface area (Å²) < 4.78 is 5.06. The summed E-state index contributed by atoms with van der Waals surface area (Å²) in [5.74, 6) is 0.133. The molecule has 1 fully saturated rings. The molecule has 1 rings (SSSR count). The van der Waals surface area contributed by atoms with Crippen molar-refractivity contribution in [3.63, 3.8) is 0 Å². The summed E-state index contributed by atoms with van der Waals surface area (Å²) in [7, 11) is 0. The Labute approximate surface area is 84.0 Å². The molecule has 1 aliphatic rings. The zero-order valence-corrected chi connectivity index (χ0v) is 9.09. The number of alkyl carbamates (subject to hydrolysis) is 1. The Bertz CT molecular complexity index is 255. The lowest BCUT2D eigenvalue weighted by molar-refractivity contribution is -0.118. The molecule has 0 aromatic carbocycles. The first kappa shape index (κ1) is 11.0. The number of Topliss-reactive ketones (excluding diaryl/α,β-unsaturated/α-hetero) is 1. The summed E-state index contributed by atoms with van der Waals surface area (Å²) >= 11 is 0. The highest BCUT2D eigenvalue weighted by Gasteiger charge is 2.42. The van der Waals surface area contributed by atoms with Crippen molar-refractivity contribution in [3.8, 4) is 0 Å². The van der Waals surface area contributed by atoms with Crippen LogP contribution < -0.4 is 5.32 Å². The monoisotopic (exact) mass is 199 g/mol. The van der Waals surface area contributed by atoms with E-state index in [9.17, 15) is 9.59 Å². The van der Waals surface area contributed by atoms with Gasteiger partial charge < -0.3 is 10.1 Å². The molecule has 1 N–H and O–H groups in total. The van der Waals surface area contributed by atoms with Crippen LogP contribution in [0.15, 0.2) is 0 Å². The van der Waals surface area contributed by atoms with Crippen molar-refractivity contribution < 1.29 is 14.3 Å². The minimum Gasteiger partial charge on any atom is -0.444 e. The van der Waals surface area contributed by atoms with Crippen LogP contribution in [0, 0.1) is 5.92 Å². The first-order valence-corrected chi connectivity index (χ1v) is 4.79. The SMILES string of the molecule is CC(=O)[C@@H]1C[C@H]1NC(=O)OC(C)(C)C. The van der Waals surface area contributed by atoms with E-state index < -0.39 is 11.7 Å². The van der Waals surface area contributed by atoms with Gasteiger partial charge in [0.25, 0.3) is 0 Å². The van der Waals surface area contributed by atoms with E-state index in [1.165, 1.54) is 0 Å². The number of carbonyl (C=O) groups is 2. The maximum absolute atomic E-state index is 11.2. The first-order valence-electron chi connectivity index (χ1n) is 4.79. The number of carbonyl (C=O) groups excluding carboxylic acids is 2. The zero-order valence-electron chi connectivity index (χ0n) is 9.09. The predicted molar refractivity (Wildman–Crippen MR) is 51.9 cm³/mol. The van der Waals surface area contributed by atoms with Crippen molar-refractivity contribution in [1.29, 1.82) is 0 Å². The molecule has 4 nitrogen and oxygen atoms in total. The normalized spacial score (nSPS) is 25.4. The standard InChI is InChI=1S/C10H17NO3/c1-6(12)7-5-8(7)11-9(13)14-10(2,3)4/h7-8H,5H2,1-4H3,(H,11,13)/t7-,8+/m0/s1. The summed E-state index contributed by atoms with van der Waals surface area (Å²) in [6, 6.07) is -0.0117. The molecule has 0 aromatic rings. The van der Waals surface area contributed by atoms with E-state index in [1.54, 1.807) is 6.92 Å². The van der Waals surface area contributed by atoms with Crippen molar-refractivity contribution in [1.82, 2.24) is 5.32 Å². The molecule has 0 heterocycles. The highest BCUT2D eigenvalue weighted by molar-refractivity contribution is 5.83. The largest absolute Gasteiger partial charge is 0.444 e. The fourth-order valence-electron chi connectivity index (χ4n) is 1.26. The summed E-state index contributed by atoms with van der Waals surface area (Å²) in [4.78, 5) is 22.1. The third-order valence-corrected chi connectivity index (χ3v) is 2.01. The molecule has 0 unspecified atom stereocenters.